The van der Waals surface area contributed by atoms with Crippen molar-refractivity contribution in [2.75, 3.05) is 10.6 Å². The van der Waals surface area contributed by atoms with Crippen molar-refractivity contribution in [2.45, 2.75) is 6.42 Å². The number of anilines is 1. The van der Waals surface area contributed by atoms with E-state index < -0.39 is 5.82 Å². The van der Waals surface area contributed by atoms with Crippen LogP contribution < -0.4 is 5.32 Å². The van der Waals surface area contributed by atoms with Gasteiger partial charge in [0.05, 0.1) is 15.7 Å². The lowest BCUT2D eigenvalue weighted by atomic mass is 10.3. The monoisotopic (exact) mass is 313 g/mol. The second-order valence-electron chi connectivity index (χ2n) is 2.73. The summed E-state index contributed by atoms with van der Waals surface area (Å²) in [5.41, 5.74) is 0.241. The minimum atomic E-state index is -0.538. The van der Waals surface area contributed by atoms with Crippen LogP contribution in [0.3, 0.4) is 0 Å². The normalized spacial score (nSPS) is 10.1. The molecule has 6 heteroatoms. The van der Waals surface area contributed by atoms with Crippen molar-refractivity contribution >= 4 is 50.7 Å². The molecule has 1 amide bonds. The van der Waals surface area contributed by atoms with E-state index in [1.54, 1.807) is 0 Å². The molecule has 0 saturated carbocycles. The summed E-state index contributed by atoms with van der Waals surface area (Å²) in [4.78, 5) is 11.2. The smallest absolute Gasteiger partial charge is 0.225 e. The Kier molecular flexibility index (Phi) is 4.83. The molecule has 0 aliphatic rings. The van der Waals surface area contributed by atoms with Crippen LogP contribution in [0.15, 0.2) is 12.1 Å². The standard InChI is InChI=1S/C9H7BrCl2FNO/c10-2-1-8(15)14-9-6(11)3-5(13)4-7(9)12/h3-4H,1-2H2,(H,14,15). The predicted octanol–water partition coefficient (Wildman–Crippen LogP) is 3.86. The Morgan fingerprint density at radius 2 is 1.93 bits per heavy atom. The lowest BCUT2D eigenvalue weighted by molar-refractivity contribution is -0.115. The van der Waals surface area contributed by atoms with Gasteiger partial charge < -0.3 is 5.32 Å². The molecular formula is C9H7BrCl2FNO. The van der Waals surface area contributed by atoms with E-state index in [0.29, 0.717) is 11.8 Å². The van der Waals surface area contributed by atoms with Gasteiger partial charge in [-0.1, -0.05) is 39.1 Å². The Morgan fingerprint density at radius 1 is 1.40 bits per heavy atom. The maximum atomic E-state index is 12.8. The molecule has 0 saturated heterocycles. The highest BCUT2D eigenvalue weighted by molar-refractivity contribution is 9.09. The van der Waals surface area contributed by atoms with Gasteiger partial charge in [0.15, 0.2) is 0 Å². The molecule has 1 aromatic carbocycles. The maximum absolute atomic E-state index is 12.8. The van der Waals surface area contributed by atoms with E-state index in [2.05, 4.69) is 21.2 Å². The molecule has 1 aromatic rings. The Labute approximate surface area is 105 Å². The summed E-state index contributed by atoms with van der Waals surface area (Å²) in [7, 11) is 0. The molecule has 0 aliphatic carbocycles. The van der Waals surface area contributed by atoms with Crippen molar-refractivity contribution in [1.29, 1.82) is 0 Å². The molecule has 0 radical (unpaired) electrons. The van der Waals surface area contributed by atoms with Gasteiger partial charge in [-0.2, -0.15) is 0 Å². The number of carbonyl (C=O) groups is 1. The third-order valence-corrected chi connectivity index (χ3v) is 2.59. The van der Waals surface area contributed by atoms with Gasteiger partial charge in [0, 0.05) is 11.8 Å². The van der Waals surface area contributed by atoms with E-state index in [4.69, 9.17) is 23.2 Å². The van der Waals surface area contributed by atoms with Crippen molar-refractivity contribution in [1.82, 2.24) is 0 Å². The first-order chi connectivity index (χ1) is 7.04. The molecule has 0 spiro atoms. The zero-order chi connectivity index (χ0) is 11.4. The molecule has 2 nitrogen and oxygen atoms in total. The highest BCUT2D eigenvalue weighted by Crippen LogP contribution is 2.31. The van der Waals surface area contributed by atoms with Gasteiger partial charge >= 0.3 is 0 Å². The Balaban J connectivity index is 2.90. The summed E-state index contributed by atoms with van der Waals surface area (Å²) in [5.74, 6) is -0.772. The molecule has 1 rings (SSSR count). The fraction of sp³-hybridized carbons (Fsp3) is 0.222. The molecule has 0 fully saturated rings. The van der Waals surface area contributed by atoms with Crippen molar-refractivity contribution < 1.29 is 9.18 Å². The fourth-order valence-corrected chi connectivity index (χ4v) is 1.86. The minimum absolute atomic E-state index is 0.0860. The number of carbonyl (C=O) groups excluding carboxylic acids is 1. The van der Waals surface area contributed by atoms with Gasteiger partial charge in [-0.05, 0) is 12.1 Å². The first-order valence-corrected chi connectivity index (χ1v) is 5.92. The highest BCUT2D eigenvalue weighted by Gasteiger charge is 2.11. The molecule has 0 unspecified atom stereocenters. The average Bonchev–Trinajstić information content (AvgIpc) is 2.11. The van der Waals surface area contributed by atoms with Gasteiger partial charge in [-0.3, -0.25) is 4.79 Å². The molecule has 0 aliphatic heterocycles. The third kappa shape index (κ3) is 3.63. The molecule has 15 heavy (non-hydrogen) atoms. The fourth-order valence-electron chi connectivity index (χ4n) is 0.949. The Hall–Kier alpha value is -0.320. The quantitative estimate of drug-likeness (QED) is 0.843. The van der Waals surface area contributed by atoms with Crippen LogP contribution in [0.1, 0.15) is 6.42 Å². The van der Waals surface area contributed by atoms with Crippen LogP contribution in [0.25, 0.3) is 0 Å². The summed E-state index contributed by atoms with van der Waals surface area (Å²) in [6.45, 7) is 0. The van der Waals surface area contributed by atoms with Crippen LogP contribution in [-0.2, 0) is 4.79 Å². The molecular weight excluding hydrogens is 308 g/mol. The second kappa shape index (κ2) is 5.68. The van der Waals surface area contributed by atoms with Crippen LogP contribution in [-0.4, -0.2) is 11.2 Å². The zero-order valence-electron chi connectivity index (χ0n) is 7.49. The van der Waals surface area contributed by atoms with Crippen LogP contribution in [0.4, 0.5) is 10.1 Å². The van der Waals surface area contributed by atoms with Crippen LogP contribution in [0.5, 0.6) is 0 Å². The molecule has 0 heterocycles. The number of hydrogen-bond donors (Lipinski definition) is 1. The number of alkyl halides is 1. The van der Waals surface area contributed by atoms with Crippen molar-refractivity contribution in [2.24, 2.45) is 0 Å². The van der Waals surface area contributed by atoms with Gasteiger partial charge in [0.2, 0.25) is 5.91 Å². The van der Waals surface area contributed by atoms with E-state index in [-0.39, 0.29) is 21.6 Å². The summed E-state index contributed by atoms with van der Waals surface area (Å²) >= 11 is 14.6. The van der Waals surface area contributed by atoms with E-state index in [1.807, 2.05) is 0 Å². The lowest BCUT2D eigenvalue weighted by Gasteiger charge is -2.08. The van der Waals surface area contributed by atoms with Crippen LogP contribution in [0.2, 0.25) is 10.0 Å². The summed E-state index contributed by atoms with van der Waals surface area (Å²) in [6, 6.07) is 2.19. The summed E-state index contributed by atoms with van der Waals surface area (Å²) in [5, 5.41) is 3.22. The van der Waals surface area contributed by atoms with E-state index in [1.165, 1.54) is 0 Å². The largest absolute Gasteiger partial charge is 0.324 e. The molecule has 82 valence electrons. The van der Waals surface area contributed by atoms with Gasteiger partial charge in [0.1, 0.15) is 5.82 Å². The number of nitrogens with one attached hydrogen (secondary N) is 1. The van der Waals surface area contributed by atoms with Crippen LogP contribution in [0, 0.1) is 5.82 Å². The van der Waals surface area contributed by atoms with Crippen molar-refractivity contribution in [3.8, 4) is 0 Å². The van der Waals surface area contributed by atoms with E-state index in [0.717, 1.165) is 12.1 Å². The average molecular weight is 315 g/mol. The zero-order valence-corrected chi connectivity index (χ0v) is 10.6. The lowest BCUT2D eigenvalue weighted by Crippen LogP contribution is -2.12. The molecule has 0 atom stereocenters. The summed E-state index contributed by atoms with van der Waals surface area (Å²) in [6.07, 6.45) is 0.296. The topological polar surface area (TPSA) is 29.1 Å². The highest BCUT2D eigenvalue weighted by atomic mass is 79.9. The minimum Gasteiger partial charge on any atom is -0.324 e. The molecule has 0 bridgehead atoms. The van der Waals surface area contributed by atoms with Gasteiger partial charge in [-0.25, -0.2) is 4.39 Å². The van der Waals surface area contributed by atoms with Gasteiger partial charge in [0.25, 0.3) is 0 Å². The molecule has 1 N–H and O–H groups in total. The molecule has 0 aromatic heterocycles. The first kappa shape index (κ1) is 12.7. The maximum Gasteiger partial charge on any atom is 0.225 e. The van der Waals surface area contributed by atoms with Gasteiger partial charge in [-0.15, -0.1) is 0 Å². The van der Waals surface area contributed by atoms with E-state index in [9.17, 15) is 9.18 Å². The number of amides is 1. The number of halogens is 4. The first-order valence-electron chi connectivity index (χ1n) is 4.05. The Bertz CT molecular complexity index is 363. The van der Waals surface area contributed by atoms with E-state index >= 15 is 0 Å². The number of rotatable bonds is 3. The predicted molar refractivity (Wildman–Crippen MR) is 63.5 cm³/mol. The SMILES string of the molecule is O=C(CCBr)Nc1c(Cl)cc(F)cc1Cl. The van der Waals surface area contributed by atoms with Crippen molar-refractivity contribution in [3.05, 3.63) is 28.0 Å². The summed E-state index contributed by atoms with van der Waals surface area (Å²) < 4.78 is 12.8. The number of benzene rings is 1. The Morgan fingerprint density at radius 3 is 2.40 bits per heavy atom. The van der Waals surface area contributed by atoms with Crippen molar-refractivity contribution in [3.63, 3.8) is 0 Å². The van der Waals surface area contributed by atoms with Crippen LogP contribution >= 0.6 is 39.1 Å². The second-order valence-corrected chi connectivity index (χ2v) is 4.34. The number of hydrogen-bond acceptors (Lipinski definition) is 1. The third-order valence-electron chi connectivity index (χ3n) is 1.59.